The number of aryl methyl sites for hydroxylation is 1. The Morgan fingerprint density at radius 1 is 1.18 bits per heavy atom. The summed E-state index contributed by atoms with van der Waals surface area (Å²) < 4.78 is 1.70. The maximum Gasteiger partial charge on any atom is 0.247 e. The molecular formula is C19H20N8O. The van der Waals surface area contributed by atoms with E-state index < -0.39 is 0 Å². The monoisotopic (exact) mass is 376 g/mol. The maximum absolute atomic E-state index is 12.8. The lowest BCUT2D eigenvalue weighted by atomic mass is 10.1. The van der Waals surface area contributed by atoms with Gasteiger partial charge in [0, 0.05) is 56.2 Å². The van der Waals surface area contributed by atoms with Gasteiger partial charge in [-0.05, 0) is 25.0 Å². The molecule has 1 aliphatic rings. The van der Waals surface area contributed by atoms with E-state index in [1.807, 2.05) is 18.1 Å². The average molecular weight is 376 g/mol. The molecule has 1 atom stereocenters. The molecule has 1 amide bonds. The lowest BCUT2D eigenvalue weighted by molar-refractivity contribution is -0.126. The van der Waals surface area contributed by atoms with Crippen LogP contribution in [-0.2, 0) is 11.8 Å². The predicted molar refractivity (Wildman–Crippen MR) is 103 cm³/mol. The number of amides is 1. The molecule has 1 unspecified atom stereocenters. The third kappa shape index (κ3) is 3.88. The van der Waals surface area contributed by atoms with Crippen molar-refractivity contribution in [1.82, 2.24) is 34.6 Å². The molecule has 9 nitrogen and oxygen atoms in total. The number of likely N-dealkylation sites (tertiary alicyclic amines) is 1. The Morgan fingerprint density at radius 2 is 2.00 bits per heavy atom. The van der Waals surface area contributed by atoms with E-state index in [1.165, 1.54) is 0 Å². The Bertz CT molecular complexity index is 984. The first-order valence-corrected chi connectivity index (χ1v) is 9.03. The lowest BCUT2D eigenvalue weighted by Gasteiger charge is -2.24. The van der Waals surface area contributed by atoms with Gasteiger partial charge < -0.3 is 10.2 Å². The Morgan fingerprint density at radius 3 is 2.79 bits per heavy atom. The third-order valence-electron chi connectivity index (χ3n) is 4.52. The number of carbonyl (C=O) groups is 1. The zero-order chi connectivity index (χ0) is 19.3. The molecule has 3 aromatic rings. The molecule has 0 aliphatic carbocycles. The number of hydrogen-bond donors (Lipinski definition) is 1. The summed E-state index contributed by atoms with van der Waals surface area (Å²) in [7, 11) is 1.84. The van der Waals surface area contributed by atoms with Crippen LogP contribution in [0.1, 0.15) is 30.1 Å². The van der Waals surface area contributed by atoms with Crippen molar-refractivity contribution in [3.8, 4) is 0 Å². The van der Waals surface area contributed by atoms with Crippen molar-refractivity contribution in [2.24, 2.45) is 7.05 Å². The molecule has 9 heteroatoms. The number of nitrogens with zero attached hydrogens (tertiary/aromatic N) is 7. The first-order chi connectivity index (χ1) is 13.7. The molecule has 0 bridgehead atoms. The highest BCUT2D eigenvalue weighted by Gasteiger charge is 2.32. The highest BCUT2D eigenvalue weighted by Crippen LogP contribution is 2.34. The van der Waals surface area contributed by atoms with Crippen LogP contribution >= 0.6 is 0 Å². The second-order valence-electron chi connectivity index (χ2n) is 6.46. The summed E-state index contributed by atoms with van der Waals surface area (Å²) in [6.07, 6.45) is 15.2. The maximum atomic E-state index is 12.8. The van der Waals surface area contributed by atoms with Gasteiger partial charge in [0.25, 0.3) is 0 Å². The van der Waals surface area contributed by atoms with Crippen LogP contribution in [-0.4, -0.2) is 47.1 Å². The zero-order valence-corrected chi connectivity index (χ0v) is 15.4. The van der Waals surface area contributed by atoms with Crippen LogP contribution in [0.15, 0.2) is 49.3 Å². The van der Waals surface area contributed by atoms with E-state index in [2.05, 4.69) is 30.4 Å². The minimum atomic E-state index is -0.147. The summed E-state index contributed by atoms with van der Waals surface area (Å²) in [6, 6.07) is 1.60. The van der Waals surface area contributed by atoms with Crippen molar-refractivity contribution in [2.75, 3.05) is 11.9 Å². The third-order valence-corrected chi connectivity index (χ3v) is 4.52. The molecular weight excluding hydrogens is 356 g/mol. The first-order valence-electron chi connectivity index (χ1n) is 9.03. The van der Waals surface area contributed by atoms with Gasteiger partial charge >= 0.3 is 0 Å². The predicted octanol–water partition coefficient (Wildman–Crippen LogP) is 2.12. The first kappa shape index (κ1) is 17.8. The molecule has 4 heterocycles. The van der Waals surface area contributed by atoms with Crippen LogP contribution < -0.4 is 5.32 Å². The molecule has 0 spiro atoms. The van der Waals surface area contributed by atoms with Gasteiger partial charge in [0.15, 0.2) is 5.82 Å². The number of anilines is 2. The quantitative estimate of drug-likeness (QED) is 0.681. The molecule has 0 radical (unpaired) electrons. The topological polar surface area (TPSA) is 102 Å². The second-order valence-corrected chi connectivity index (χ2v) is 6.46. The fourth-order valence-electron chi connectivity index (χ4n) is 3.26. The zero-order valence-electron chi connectivity index (χ0n) is 15.4. The van der Waals surface area contributed by atoms with Crippen LogP contribution in [0.25, 0.3) is 6.08 Å². The van der Waals surface area contributed by atoms with Crippen molar-refractivity contribution in [3.63, 3.8) is 0 Å². The summed E-state index contributed by atoms with van der Waals surface area (Å²) in [4.78, 5) is 31.9. The summed E-state index contributed by atoms with van der Waals surface area (Å²) >= 11 is 0. The smallest absolute Gasteiger partial charge is 0.247 e. The molecule has 1 saturated heterocycles. The van der Waals surface area contributed by atoms with Crippen molar-refractivity contribution in [3.05, 3.63) is 60.6 Å². The van der Waals surface area contributed by atoms with E-state index in [0.29, 0.717) is 18.3 Å². The molecule has 142 valence electrons. The summed E-state index contributed by atoms with van der Waals surface area (Å²) in [5, 5.41) is 7.21. The van der Waals surface area contributed by atoms with E-state index in [9.17, 15) is 4.79 Å². The number of hydrogen-bond acceptors (Lipinski definition) is 7. The van der Waals surface area contributed by atoms with Crippen molar-refractivity contribution < 1.29 is 4.79 Å². The minimum Gasteiger partial charge on any atom is -0.330 e. The SMILES string of the molecule is Cn1cc(C=CC(=O)N2CCCC2c2nccnc2Nc2ncccn2)cn1. The fraction of sp³-hybridized carbons (Fsp3) is 0.263. The van der Waals surface area contributed by atoms with E-state index in [1.54, 1.807) is 53.9 Å². The Kier molecular flexibility index (Phi) is 5.05. The Hall–Kier alpha value is -3.62. The fourth-order valence-corrected chi connectivity index (χ4v) is 3.26. The standard InChI is InChI=1S/C19H20N8O/c1-26-13-14(12-24-26)5-6-16(28)27-11-2-4-15(27)17-18(21-10-9-20-17)25-19-22-7-3-8-23-19/h3,5-10,12-13,15H,2,4,11H2,1H3,(H,21,22,23,25). The van der Waals surface area contributed by atoms with E-state index >= 15 is 0 Å². The average Bonchev–Trinajstić information content (AvgIpc) is 3.36. The van der Waals surface area contributed by atoms with Crippen LogP contribution in [0.2, 0.25) is 0 Å². The molecule has 1 N–H and O–H groups in total. The number of aromatic nitrogens is 6. The van der Waals surface area contributed by atoms with Gasteiger partial charge in [-0.2, -0.15) is 5.10 Å². The summed E-state index contributed by atoms with van der Waals surface area (Å²) in [6.45, 7) is 0.679. The van der Waals surface area contributed by atoms with Gasteiger partial charge in [0.05, 0.1) is 12.2 Å². The highest BCUT2D eigenvalue weighted by atomic mass is 16.2. The minimum absolute atomic E-state index is 0.0566. The number of rotatable bonds is 5. The second kappa shape index (κ2) is 7.95. The van der Waals surface area contributed by atoms with Gasteiger partial charge in [-0.3, -0.25) is 14.5 Å². The number of nitrogens with one attached hydrogen (secondary N) is 1. The van der Waals surface area contributed by atoms with Gasteiger partial charge in [-0.25, -0.2) is 15.0 Å². The lowest BCUT2D eigenvalue weighted by Crippen LogP contribution is -2.30. The van der Waals surface area contributed by atoms with E-state index in [0.717, 1.165) is 24.1 Å². The van der Waals surface area contributed by atoms with Gasteiger partial charge in [-0.15, -0.1) is 0 Å². The largest absolute Gasteiger partial charge is 0.330 e. The summed E-state index contributed by atoms with van der Waals surface area (Å²) in [5.74, 6) is 0.949. The van der Waals surface area contributed by atoms with Crippen molar-refractivity contribution in [1.29, 1.82) is 0 Å². The molecule has 3 aromatic heterocycles. The Labute approximate surface area is 162 Å². The van der Waals surface area contributed by atoms with Gasteiger partial charge in [0.2, 0.25) is 11.9 Å². The van der Waals surface area contributed by atoms with Crippen molar-refractivity contribution >= 4 is 23.7 Å². The van der Waals surface area contributed by atoms with Crippen LogP contribution in [0.5, 0.6) is 0 Å². The van der Waals surface area contributed by atoms with Crippen molar-refractivity contribution in [2.45, 2.75) is 18.9 Å². The van der Waals surface area contributed by atoms with E-state index in [4.69, 9.17) is 0 Å². The molecule has 1 aliphatic heterocycles. The highest BCUT2D eigenvalue weighted by molar-refractivity contribution is 5.92. The van der Waals surface area contributed by atoms with Crippen LogP contribution in [0, 0.1) is 0 Å². The van der Waals surface area contributed by atoms with E-state index in [-0.39, 0.29) is 11.9 Å². The summed E-state index contributed by atoms with van der Waals surface area (Å²) in [5.41, 5.74) is 1.60. The van der Waals surface area contributed by atoms with Crippen LogP contribution in [0.4, 0.5) is 11.8 Å². The van der Waals surface area contributed by atoms with Crippen LogP contribution in [0.3, 0.4) is 0 Å². The molecule has 0 saturated carbocycles. The molecule has 1 fully saturated rings. The normalized spacial score (nSPS) is 16.6. The molecule has 0 aromatic carbocycles. The van der Waals surface area contributed by atoms with Gasteiger partial charge in [-0.1, -0.05) is 0 Å². The molecule has 4 rings (SSSR count). The van der Waals surface area contributed by atoms with Gasteiger partial charge in [0.1, 0.15) is 5.69 Å². The molecule has 28 heavy (non-hydrogen) atoms. The number of carbonyl (C=O) groups excluding carboxylic acids is 1. The Balaban J connectivity index is 1.55.